The number of nitrogens with zero attached hydrogens (tertiary/aromatic N) is 1. The zero-order chi connectivity index (χ0) is 16.6. The van der Waals surface area contributed by atoms with Crippen LogP contribution < -0.4 is 0 Å². The lowest BCUT2D eigenvalue weighted by Crippen LogP contribution is -2.51. The molecule has 0 saturated heterocycles. The molecule has 126 valence electrons. The van der Waals surface area contributed by atoms with E-state index in [0.29, 0.717) is 5.92 Å². The Bertz CT molecular complexity index is 620. The van der Waals surface area contributed by atoms with E-state index in [2.05, 4.69) is 43.9 Å². The van der Waals surface area contributed by atoms with E-state index in [1.807, 2.05) is 0 Å². The fraction of sp³-hybridized carbons (Fsp3) is 0.600. The van der Waals surface area contributed by atoms with Gasteiger partial charge in [-0.25, -0.2) is 0 Å². The highest BCUT2D eigenvalue weighted by molar-refractivity contribution is 5.44. The second-order valence-electron chi connectivity index (χ2n) is 7.70. The van der Waals surface area contributed by atoms with Crippen LogP contribution >= 0.6 is 0 Å². The summed E-state index contributed by atoms with van der Waals surface area (Å²) in [6.07, 6.45) is 5.68. The van der Waals surface area contributed by atoms with Gasteiger partial charge in [0.25, 0.3) is 0 Å². The molecule has 0 bridgehead atoms. The molecule has 0 spiro atoms. The van der Waals surface area contributed by atoms with Gasteiger partial charge in [-0.15, -0.1) is 0 Å². The van der Waals surface area contributed by atoms with Crippen molar-refractivity contribution < 1.29 is 10.2 Å². The van der Waals surface area contributed by atoms with Crippen LogP contribution in [0, 0.1) is 5.92 Å². The highest BCUT2D eigenvalue weighted by atomic mass is 16.3. The average molecular weight is 315 g/mol. The summed E-state index contributed by atoms with van der Waals surface area (Å²) in [5.41, 5.74) is 6.00. The second-order valence-corrected chi connectivity index (χ2v) is 7.70. The van der Waals surface area contributed by atoms with Gasteiger partial charge in [0.1, 0.15) is 0 Å². The van der Waals surface area contributed by atoms with Crippen LogP contribution in [0.25, 0.3) is 0 Å². The normalized spacial score (nSPS) is 24.3. The maximum Gasteiger partial charge on any atom is 0.0685 e. The topological polar surface area (TPSA) is 43.7 Å². The quantitative estimate of drug-likeness (QED) is 0.839. The Labute approximate surface area is 139 Å². The van der Waals surface area contributed by atoms with Crippen LogP contribution in [0.2, 0.25) is 0 Å². The Balaban J connectivity index is 1.98. The maximum atomic E-state index is 9.64. The number of fused-ring (bicyclic) bond motifs is 3. The third-order valence-corrected chi connectivity index (χ3v) is 5.55. The van der Waals surface area contributed by atoms with Crippen molar-refractivity contribution >= 4 is 0 Å². The fourth-order valence-electron chi connectivity index (χ4n) is 4.23. The van der Waals surface area contributed by atoms with Crippen LogP contribution in [0.3, 0.4) is 0 Å². The first-order valence-corrected chi connectivity index (χ1v) is 8.77. The molecule has 3 nitrogen and oxygen atoms in total. The first-order valence-electron chi connectivity index (χ1n) is 8.77. The Morgan fingerprint density at radius 2 is 1.87 bits per heavy atom. The molecule has 2 N–H and O–H groups in total. The van der Waals surface area contributed by atoms with Crippen LogP contribution in [0.1, 0.15) is 55.9 Å². The van der Waals surface area contributed by atoms with Gasteiger partial charge in [-0.3, -0.25) is 4.90 Å². The van der Waals surface area contributed by atoms with Gasteiger partial charge in [0.2, 0.25) is 0 Å². The third-order valence-electron chi connectivity index (χ3n) is 5.55. The van der Waals surface area contributed by atoms with Gasteiger partial charge in [0.05, 0.1) is 13.2 Å². The van der Waals surface area contributed by atoms with Crippen LogP contribution in [-0.2, 0) is 25.2 Å². The summed E-state index contributed by atoms with van der Waals surface area (Å²) in [6, 6.07) is 4.24. The van der Waals surface area contributed by atoms with E-state index in [9.17, 15) is 10.2 Å². The Morgan fingerprint density at radius 1 is 1.17 bits per heavy atom. The molecule has 2 aliphatic heterocycles. The summed E-state index contributed by atoms with van der Waals surface area (Å²) in [7, 11) is 0. The lowest BCUT2D eigenvalue weighted by Gasteiger charge is -2.49. The van der Waals surface area contributed by atoms with Crippen molar-refractivity contribution in [2.24, 2.45) is 5.92 Å². The van der Waals surface area contributed by atoms with Crippen molar-refractivity contribution in [3.8, 4) is 0 Å². The molecule has 1 unspecified atom stereocenters. The summed E-state index contributed by atoms with van der Waals surface area (Å²) >= 11 is 0. The van der Waals surface area contributed by atoms with Crippen molar-refractivity contribution in [2.75, 3.05) is 13.1 Å². The molecule has 1 aromatic carbocycles. The van der Waals surface area contributed by atoms with Gasteiger partial charge in [0, 0.05) is 18.6 Å². The lowest BCUT2D eigenvalue weighted by molar-refractivity contribution is 0.0914. The smallest absolute Gasteiger partial charge is 0.0685 e. The monoisotopic (exact) mass is 315 g/mol. The van der Waals surface area contributed by atoms with E-state index in [-0.39, 0.29) is 18.8 Å². The molecule has 0 radical (unpaired) electrons. The highest BCUT2D eigenvalue weighted by Gasteiger charge is 2.40. The van der Waals surface area contributed by atoms with Crippen LogP contribution in [0.5, 0.6) is 0 Å². The maximum absolute atomic E-state index is 9.64. The molecule has 0 aliphatic carbocycles. The summed E-state index contributed by atoms with van der Waals surface area (Å²) < 4.78 is 0. The van der Waals surface area contributed by atoms with Crippen molar-refractivity contribution in [2.45, 2.75) is 58.8 Å². The molecular weight excluding hydrogens is 286 g/mol. The van der Waals surface area contributed by atoms with E-state index in [4.69, 9.17) is 0 Å². The van der Waals surface area contributed by atoms with Gasteiger partial charge in [-0.05, 0) is 54.4 Å². The molecule has 1 aromatic rings. The molecule has 1 atom stereocenters. The van der Waals surface area contributed by atoms with Crippen LogP contribution in [0.4, 0.5) is 0 Å². The fourth-order valence-corrected chi connectivity index (χ4v) is 4.23. The number of benzene rings is 1. The van der Waals surface area contributed by atoms with Crippen molar-refractivity contribution in [3.63, 3.8) is 0 Å². The van der Waals surface area contributed by atoms with Gasteiger partial charge in [0.15, 0.2) is 0 Å². The number of aliphatic hydroxyl groups excluding tert-OH is 2. The summed E-state index contributed by atoms with van der Waals surface area (Å²) in [5, 5.41) is 19.2. The van der Waals surface area contributed by atoms with Gasteiger partial charge in [-0.2, -0.15) is 0 Å². The van der Waals surface area contributed by atoms with Crippen LogP contribution in [-0.4, -0.2) is 28.2 Å². The molecule has 0 amide bonds. The number of aliphatic hydroxyl groups is 2. The van der Waals surface area contributed by atoms with E-state index >= 15 is 0 Å². The lowest BCUT2D eigenvalue weighted by atomic mass is 9.75. The zero-order valence-electron chi connectivity index (χ0n) is 14.6. The summed E-state index contributed by atoms with van der Waals surface area (Å²) in [6.45, 7) is 9.02. The molecule has 3 rings (SSSR count). The molecular formula is C20H29NO2. The van der Waals surface area contributed by atoms with Gasteiger partial charge >= 0.3 is 0 Å². The number of rotatable bonds is 4. The minimum atomic E-state index is -0.00626. The van der Waals surface area contributed by atoms with Crippen molar-refractivity contribution in [3.05, 3.63) is 46.0 Å². The Morgan fingerprint density at radius 3 is 2.52 bits per heavy atom. The summed E-state index contributed by atoms with van der Waals surface area (Å²) in [5.74, 6) is 0.704. The zero-order valence-corrected chi connectivity index (χ0v) is 14.6. The predicted molar refractivity (Wildman–Crippen MR) is 93.1 cm³/mol. The number of hydrogen-bond acceptors (Lipinski definition) is 3. The first kappa shape index (κ1) is 16.7. The van der Waals surface area contributed by atoms with E-state index in [1.54, 1.807) is 5.57 Å². The molecule has 0 fully saturated rings. The van der Waals surface area contributed by atoms with Crippen LogP contribution in [0.15, 0.2) is 23.8 Å². The predicted octanol–water partition coefficient (Wildman–Crippen LogP) is 3.12. The minimum Gasteiger partial charge on any atom is -0.392 e. The molecule has 0 saturated carbocycles. The number of hydrogen-bond donors (Lipinski definition) is 2. The largest absolute Gasteiger partial charge is 0.392 e. The van der Waals surface area contributed by atoms with Gasteiger partial charge in [-0.1, -0.05) is 37.6 Å². The van der Waals surface area contributed by atoms with E-state index in [0.717, 1.165) is 37.1 Å². The molecule has 3 heteroatoms. The third kappa shape index (κ3) is 2.98. The standard InChI is InChI=1S/C20H29NO2/c1-14(2)8-15-4-6-20(3)19-10-18(13-23)17(12-22)9-16(19)5-7-21(20)11-15/h4,9-10,14,22-23H,5-8,11-13H2,1-3H3. The highest BCUT2D eigenvalue weighted by Crippen LogP contribution is 2.43. The molecule has 2 heterocycles. The Kier molecular flexibility index (Phi) is 4.63. The van der Waals surface area contributed by atoms with E-state index < -0.39 is 0 Å². The second kappa shape index (κ2) is 6.39. The minimum absolute atomic E-state index is 0.00203. The molecule has 0 aromatic heterocycles. The molecule has 23 heavy (non-hydrogen) atoms. The van der Waals surface area contributed by atoms with E-state index in [1.165, 1.54) is 17.5 Å². The first-order chi connectivity index (χ1) is 11.0. The van der Waals surface area contributed by atoms with Gasteiger partial charge < -0.3 is 10.2 Å². The molecule has 2 aliphatic rings. The summed E-state index contributed by atoms with van der Waals surface area (Å²) in [4.78, 5) is 2.60. The SMILES string of the molecule is CC(C)CC1=CCC2(C)c3cc(CO)c(CO)cc3CCN2C1. The van der Waals surface area contributed by atoms with Crippen molar-refractivity contribution in [1.82, 2.24) is 4.90 Å². The van der Waals surface area contributed by atoms with Crippen molar-refractivity contribution in [1.29, 1.82) is 0 Å². The average Bonchev–Trinajstić information content (AvgIpc) is 2.53. The Hall–Kier alpha value is -1.16.